The van der Waals surface area contributed by atoms with Gasteiger partial charge in [-0.1, -0.05) is 26.7 Å². The van der Waals surface area contributed by atoms with E-state index in [-0.39, 0.29) is 36.3 Å². The molecule has 2 aliphatic rings. The molecule has 3 N–H and O–H groups in total. The number of nitrogens with zero attached hydrogens (tertiary/aromatic N) is 3. The molecule has 2 fully saturated rings. The van der Waals surface area contributed by atoms with Crippen LogP contribution in [0.25, 0.3) is 0 Å². The van der Waals surface area contributed by atoms with Gasteiger partial charge in [0.15, 0.2) is 12.0 Å². The number of carbonyl (C=O) groups is 1. The number of likely N-dealkylation sites (tertiary alicyclic amines) is 1. The van der Waals surface area contributed by atoms with Crippen molar-refractivity contribution in [1.29, 1.82) is 0 Å². The maximum absolute atomic E-state index is 13.4. The highest BCUT2D eigenvalue weighted by molar-refractivity contribution is 5.96. The van der Waals surface area contributed by atoms with Crippen molar-refractivity contribution in [1.82, 2.24) is 14.5 Å². The predicted octanol–water partition coefficient (Wildman–Crippen LogP) is 0.889. The summed E-state index contributed by atoms with van der Waals surface area (Å²) in [4.78, 5) is 44.2. The van der Waals surface area contributed by atoms with Crippen LogP contribution < -0.4 is 21.9 Å². The van der Waals surface area contributed by atoms with Crippen LogP contribution in [0.15, 0.2) is 9.59 Å². The SMILES string of the molecule is CCCCN(C(=O)CN1CCCCC1C1OCCO1)c1c(N)n(CCC)c(=O)[nH]c1=O. The van der Waals surface area contributed by atoms with Crippen molar-refractivity contribution < 1.29 is 14.3 Å². The minimum Gasteiger partial charge on any atom is -0.383 e. The van der Waals surface area contributed by atoms with Gasteiger partial charge in [-0.05, 0) is 32.2 Å². The Hall–Kier alpha value is -2.17. The first kappa shape index (κ1) is 23.5. The van der Waals surface area contributed by atoms with Gasteiger partial charge in [0.1, 0.15) is 5.82 Å². The van der Waals surface area contributed by atoms with Gasteiger partial charge in [0.2, 0.25) is 5.91 Å². The number of nitrogens with two attached hydrogens (primary N) is 1. The Kier molecular flexibility index (Phi) is 8.28. The molecule has 10 heteroatoms. The van der Waals surface area contributed by atoms with Crippen molar-refractivity contribution in [2.45, 2.75) is 71.2 Å². The topological polar surface area (TPSA) is 123 Å². The standard InChI is InChI=1S/C21H35N5O5/c1-3-5-11-25(17-18(22)26(9-4-2)21(29)23-19(17)28)16(27)14-24-10-7-6-8-15(24)20-30-12-13-31-20/h15,20H,3-14,22H2,1-2H3,(H,23,28,29). The second-order valence-electron chi connectivity index (χ2n) is 8.19. The average molecular weight is 438 g/mol. The van der Waals surface area contributed by atoms with E-state index in [1.807, 2.05) is 13.8 Å². The Bertz CT molecular complexity index is 861. The second-order valence-corrected chi connectivity index (χ2v) is 8.19. The molecule has 174 valence electrons. The number of nitrogen functional groups attached to an aromatic ring is 1. The minimum atomic E-state index is -0.628. The molecule has 3 heterocycles. The molecular weight excluding hydrogens is 402 g/mol. The number of rotatable bonds is 9. The fourth-order valence-electron chi connectivity index (χ4n) is 4.34. The quantitative estimate of drug-likeness (QED) is 0.588. The van der Waals surface area contributed by atoms with Crippen molar-refractivity contribution in [2.24, 2.45) is 0 Å². The van der Waals surface area contributed by atoms with Gasteiger partial charge >= 0.3 is 5.69 Å². The van der Waals surface area contributed by atoms with E-state index in [1.165, 1.54) is 9.47 Å². The molecule has 10 nitrogen and oxygen atoms in total. The van der Waals surface area contributed by atoms with Crippen molar-refractivity contribution in [3.8, 4) is 0 Å². The smallest absolute Gasteiger partial charge is 0.330 e. The van der Waals surface area contributed by atoms with Crippen LogP contribution in [0.4, 0.5) is 11.5 Å². The molecule has 1 atom stereocenters. The summed E-state index contributed by atoms with van der Waals surface area (Å²) >= 11 is 0. The fraction of sp³-hybridized carbons (Fsp3) is 0.762. The summed E-state index contributed by atoms with van der Waals surface area (Å²) in [6.45, 7) is 6.71. The predicted molar refractivity (Wildman–Crippen MR) is 118 cm³/mol. The Balaban J connectivity index is 1.88. The van der Waals surface area contributed by atoms with Gasteiger partial charge < -0.3 is 20.1 Å². The number of nitrogens with one attached hydrogen (secondary N) is 1. The van der Waals surface area contributed by atoms with E-state index in [0.717, 1.165) is 38.6 Å². The third-order valence-corrected chi connectivity index (χ3v) is 5.93. The molecule has 0 aliphatic carbocycles. The van der Waals surface area contributed by atoms with Crippen molar-refractivity contribution >= 4 is 17.4 Å². The van der Waals surface area contributed by atoms with E-state index >= 15 is 0 Å². The number of ether oxygens (including phenoxy) is 2. The number of amides is 1. The number of unbranched alkanes of at least 4 members (excludes halogenated alkanes) is 1. The zero-order valence-electron chi connectivity index (χ0n) is 18.6. The van der Waals surface area contributed by atoms with E-state index in [4.69, 9.17) is 15.2 Å². The number of carbonyl (C=O) groups excluding carboxylic acids is 1. The van der Waals surface area contributed by atoms with Crippen LogP contribution in [0.5, 0.6) is 0 Å². The van der Waals surface area contributed by atoms with Gasteiger partial charge in [0, 0.05) is 13.1 Å². The van der Waals surface area contributed by atoms with Crippen LogP contribution in [-0.2, 0) is 20.8 Å². The van der Waals surface area contributed by atoms with E-state index in [2.05, 4.69) is 9.88 Å². The fourth-order valence-corrected chi connectivity index (χ4v) is 4.34. The first-order chi connectivity index (χ1) is 15.0. The van der Waals surface area contributed by atoms with Crippen LogP contribution in [-0.4, -0.2) is 65.5 Å². The van der Waals surface area contributed by atoms with E-state index < -0.39 is 11.2 Å². The molecule has 1 aromatic rings. The first-order valence-electron chi connectivity index (χ1n) is 11.4. The number of aromatic nitrogens is 2. The van der Waals surface area contributed by atoms with Crippen molar-refractivity contribution in [3.05, 3.63) is 20.8 Å². The zero-order chi connectivity index (χ0) is 22.4. The summed E-state index contributed by atoms with van der Waals surface area (Å²) in [5.41, 5.74) is 5.12. The molecule has 0 saturated carbocycles. The molecule has 0 bridgehead atoms. The summed E-state index contributed by atoms with van der Waals surface area (Å²) in [6.07, 6.45) is 4.88. The molecular formula is C21H35N5O5. The molecule has 31 heavy (non-hydrogen) atoms. The Labute approximate surface area is 182 Å². The van der Waals surface area contributed by atoms with E-state index in [0.29, 0.717) is 32.7 Å². The normalized spacial score (nSPS) is 20.3. The highest BCUT2D eigenvalue weighted by Gasteiger charge is 2.36. The highest BCUT2D eigenvalue weighted by Crippen LogP contribution is 2.25. The lowest BCUT2D eigenvalue weighted by Crippen LogP contribution is -2.52. The molecule has 2 aliphatic heterocycles. The summed E-state index contributed by atoms with van der Waals surface area (Å²) in [7, 11) is 0. The summed E-state index contributed by atoms with van der Waals surface area (Å²) in [5, 5.41) is 0. The number of aromatic amines is 1. The largest absolute Gasteiger partial charge is 0.383 e. The highest BCUT2D eigenvalue weighted by atomic mass is 16.7. The number of anilines is 2. The van der Waals surface area contributed by atoms with Crippen LogP contribution in [0.2, 0.25) is 0 Å². The summed E-state index contributed by atoms with van der Waals surface area (Å²) in [6, 6.07) is 0.0119. The minimum absolute atomic E-state index is 0.0119. The maximum atomic E-state index is 13.4. The van der Waals surface area contributed by atoms with Gasteiger partial charge in [-0.15, -0.1) is 0 Å². The third kappa shape index (κ3) is 5.36. The monoisotopic (exact) mass is 437 g/mol. The Morgan fingerprint density at radius 2 is 1.94 bits per heavy atom. The van der Waals surface area contributed by atoms with Crippen LogP contribution >= 0.6 is 0 Å². The molecule has 0 spiro atoms. The molecule has 3 rings (SSSR count). The van der Waals surface area contributed by atoms with Gasteiger partial charge in [0.05, 0.1) is 25.8 Å². The van der Waals surface area contributed by atoms with Gasteiger partial charge in [-0.25, -0.2) is 4.79 Å². The Morgan fingerprint density at radius 3 is 2.61 bits per heavy atom. The van der Waals surface area contributed by atoms with E-state index in [9.17, 15) is 14.4 Å². The Morgan fingerprint density at radius 1 is 1.19 bits per heavy atom. The molecule has 1 aromatic heterocycles. The van der Waals surface area contributed by atoms with Crippen molar-refractivity contribution in [2.75, 3.05) is 43.5 Å². The van der Waals surface area contributed by atoms with Crippen LogP contribution in [0, 0.1) is 0 Å². The lowest BCUT2D eigenvalue weighted by atomic mass is 10.0. The van der Waals surface area contributed by atoms with Crippen LogP contribution in [0.3, 0.4) is 0 Å². The molecule has 1 unspecified atom stereocenters. The molecule has 0 radical (unpaired) electrons. The van der Waals surface area contributed by atoms with E-state index in [1.54, 1.807) is 0 Å². The zero-order valence-corrected chi connectivity index (χ0v) is 18.6. The number of piperidine rings is 1. The second kappa shape index (κ2) is 10.9. The van der Waals surface area contributed by atoms with Crippen molar-refractivity contribution in [3.63, 3.8) is 0 Å². The van der Waals surface area contributed by atoms with Gasteiger partial charge in [-0.3, -0.25) is 24.0 Å². The lowest BCUT2D eigenvalue weighted by Gasteiger charge is -2.38. The third-order valence-electron chi connectivity index (χ3n) is 5.93. The number of hydrogen-bond acceptors (Lipinski definition) is 7. The van der Waals surface area contributed by atoms with Crippen LogP contribution in [0.1, 0.15) is 52.4 Å². The first-order valence-corrected chi connectivity index (χ1v) is 11.4. The number of H-pyrrole nitrogens is 1. The van der Waals surface area contributed by atoms with Gasteiger partial charge in [-0.2, -0.15) is 0 Å². The van der Waals surface area contributed by atoms with Gasteiger partial charge in [0.25, 0.3) is 5.56 Å². The molecule has 1 amide bonds. The average Bonchev–Trinajstić information content (AvgIpc) is 3.28. The lowest BCUT2D eigenvalue weighted by molar-refractivity contribution is -0.129. The number of hydrogen-bond donors (Lipinski definition) is 2. The molecule has 0 aromatic carbocycles. The summed E-state index contributed by atoms with van der Waals surface area (Å²) < 4.78 is 12.7. The maximum Gasteiger partial charge on any atom is 0.330 e. The summed E-state index contributed by atoms with van der Waals surface area (Å²) in [5.74, 6) is -0.171. The molecule has 2 saturated heterocycles.